The highest BCUT2D eigenvalue weighted by Gasteiger charge is 2.16. The maximum absolute atomic E-state index is 10.7. The van der Waals surface area contributed by atoms with E-state index in [2.05, 4.69) is 0 Å². The maximum atomic E-state index is 10.7. The molecule has 2 aromatic rings. The van der Waals surface area contributed by atoms with Crippen LogP contribution in [-0.2, 0) is 6.42 Å². The molecule has 6 heteroatoms. The predicted molar refractivity (Wildman–Crippen MR) is 70.8 cm³/mol. The molecule has 2 rings (SSSR count). The van der Waals surface area contributed by atoms with Crippen LogP contribution in [0.3, 0.4) is 0 Å². The van der Waals surface area contributed by atoms with E-state index in [-0.39, 0.29) is 17.9 Å². The van der Waals surface area contributed by atoms with Crippen LogP contribution in [0.5, 0.6) is 0 Å². The molecule has 0 amide bonds. The van der Waals surface area contributed by atoms with Gasteiger partial charge in [-0.3, -0.25) is 0 Å². The first-order chi connectivity index (χ1) is 8.97. The summed E-state index contributed by atoms with van der Waals surface area (Å²) in [7, 11) is 0. The Labute approximate surface area is 119 Å². The standard InChI is InChI=1S/C13H10Cl2O4/c14-8-2-1-7(5-9(8)15)6-10(16)11-3-4-12(19-11)13(17)18/h1-5,10,16H,6H2,(H,17,18). The van der Waals surface area contributed by atoms with E-state index in [9.17, 15) is 9.90 Å². The van der Waals surface area contributed by atoms with Gasteiger partial charge in [0.2, 0.25) is 5.76 Å². The molecule has 0 saturated heterocycles. The molecule has 4 nitrogen and oxygen atoms in total. The van der Waals surface area contributed by atoms with E-state index in [0.717, 1.165) is 5.56 Å². The number of carboxylic acids is 1. The average molecular weight is 301 g/mol. The summed E-state index contributed by atoms with van der Waals surface area (Å²) in [5.41, 5.74) is 0.773. The first-order valence-corrected chi connectivity index (χ1v) is 6.18. The van der Waals surface area contributed by atoms with Crippen molar-refractivity contribution in [3.8, 4) is 0 Å². The lowest BCUT2D eigenvalue weighted by molar-refractivity contribution is 0.0651. The fraction of sp³-hybridized carbons (Fsp3) is 0.154. The van der Waals surface area contributed by atoms with Gasteiger partial charge in [0.05, 0.1) is 10.0 Å². The maximum Gasteiger partial charge on any atom is 0.371 e. The van der Waals surface area contributed by atoms with Crippen LogP contribution in [0.25, 0.3) is 0 Å². The molecule has 1 heterocycles. The van der Waals surface area contributed by atoms with Crippen LogP contribution in [-0.4, -0.2) is 16.2 Å². The van der Waals surface area contributed by atoms with Crippen LogP contribution in [0.15, 0.2) is 34.7 Å². The first kappa shape index (κ1) is 13.9. The van der Waals surface area contributed by atoms with E-state index in [1.807, 2.05) is 0 Å². The Balaban J connectivity index is 2.13. The third-order valence-electron chi connectivity index (χ3n) is 2.58. The second-order valence-electron chi connectivity index (χ2n) is 3.98. The molecule has 0 radical (unpaired) electrons. The lowest BCUT2D eigenvalue weighted by Gasteiger charge is -2.08. The van der Waals surface area contributed by atoms with Crippen LogP contribution < -0.4 is 0 Å². The molecule has 1 atom stereocenters. The van der Waals surface area contributed by atoms with Gasteiger partial charge in [0.15, 0.2) is 0 Å². The van der Waals surface area contributed by atoms with Crippen molar-refractivity contribution in [2.24, 2.45) is 0 Å². The second kappa shape index (κ2) is 5.65. The van der Waals surface area contributed by atoms with Gasteiger partial charge >= 0.3 is 5.97 Å². The quantitative estimate of drug-likeness (QED) is 0.905. The molecule has 100 valence electrons. The summed E-state index contributed by atoms with van der Waals surface area (Å²) in [5, 5.41) is 19.5. The number of furan rings is 1. The number of carbonyl (C=O) groups is 1. The molecule has 1 aromatic carbocycles. The highest BCUT2D eigenvalue weighted by atomic mass is 35.5. The zero-order chi connectivity index (χ0) is 14.0. The number of carboxylic acid groups (broad SMARTS) is 1. The Morgan fingerprint density at radius 2 is 1.95 bits per heavy atom. The number of hydrogen-bond donors (Lipinski definition) is 2. The van der Waals surface area contributed by atoms with Crippen LogP contribution in [0.1, 0.15) is 28.0 Å². The van der Waals surface area contributed by atoms with Gasteiger partial charge in [0.1, 0.15) is 11.9 Å². The summed E-state index contributed by atoms with van der Waals surface area (Å²) < 4.78 is 5.02. The van der Waals surface area contributed by atoms with Crippen molar-refractivity contribution in [3.63, 3.8) is 0 Å². The van der Waals surface area contributed by atoms with Gasteiger partial charge in [-0.15, -0.1) is 0 Å². The third-order valence-corrected chi connectivity index (χ3v) is 3.32. The summed E-state index contributed by atoms with van der Waals surface area (Å²) in [5.74, 6) is -1.18. The van der Waals surface area contributed by atoms with Crippen molar-refractivity contribution >= 4 is 29.2 Å². The van der Waals surface area contributed by atoms with Crippen LogP contribution >= 0.6 is 23.2 Å². The number of rotatable bonds is 4. The van der Waals surface area contributed by atoms with Gasteiger partial charge in [-0.2, -0.15) is 0 Å². The molecule has 2 N–H and O–H groups in total. The predicted octanol–water partition coefficient (Wildman–Crippen LogP) is 3.56. The highest BCUT2D eigenvalue weighted by Crippen LogP contribution is 2.26. The van der Waals surface area contributed by atoms with E-state index < -0.39 is 12.1 Å². The number of aliphatic hydroxyl groups excluding tert-OH is 1. The molecule has 0 aliphatic rings. The molecule has 0 saturated carbocycles. The number of aromatic carboxylic acids is 1. The minimum absolute atomic E-state index is 0.198. The molecule has 1 aromatic heterocycles. The minimum Gasteiger partial charge on any atom is -0.475 e. The lowest BCUT2D eigenvalue weighted by Crippen LogP contribution is -2.01. The van der Waals surface area contributed by atoms with Crippen LogP contribution in [0, 0.1) is 0 Å². The van der Waals surface area contributed by atoms with Crippen molar-refractivity contribution in [2.75, 3.05) is 0 Å². The Morgan fingerprint density at radius 1 is 1.21 bits per heavy atom. The molecule has 0 aliphatic carbocycles. The molecular formula is C13H10Cl2O4. The van der Waals surface area contributed by atoms with Gasteiger partial charge < -0.3 is 14.6 Å². The van der Waals surface area contributed by atoms with E-state index in [1.54, 1.807) is 18.2 Å². The number of hydrogen-bond acceptors (Lipinski definition) is 3. The molecular weight excluding hydrogens is 291 g/mol. The summed E-state index contributed by atoms with van der Waals surface area (Å²) >= 11 is 11.7. The largest absolute Gasteiger partial charge is 0.475 e. The van der Waals surface area contributed by atoms with E-state index in [4.69, 9.17) is 32.7 Å². The summed E-state index contributed by atoms with van der Waals surface area (Å²) in [6, 6.07) is 7.75. The zero-order valence-electron chi connectivity index (χ0n) is 9.64. The molecule has 0 spiro atoms. The molecule has 0 bridgehead atoms. The van der Waals surface area contributed by atoms with Gasteiger partial charge in [-0.1, -0.05) is 29.3 Å². The summed E-state index contributed by atoms with van der Waals surface area (Å²) in [6.07, 6.45) is -0.686. The van der Waals surface area contributed by atoms with Gasteiger partial charge in [0, 0.05) is 6.42 Å². The van der Waals surface area contributed by atoms with Crippen LogP contribution in [0.2, 0.25) is 10.0 Å². The summed E-state index contributed by atoms with van der Waals surface area (Å²) in [6.45, 7) is 0. The number of halogens is 2. The monoisotopic (exact) mass is 300 g/mol. The molecule has 1 unspecified atom stereocenters. The molecule has 0 aliphatic heterocycles. The first-order valence-electron chi connectivity index (χ1n) is 5.42. The Morgan fingerprint density at radius 3 is 2.53 bits per heavy atom. The number of benzene rings is 1. The highest BCUT2D eigenvalue weighted by molar-refractivity contribution is 6.42. The van der Waals surface area contributed by atoms with Gasteiger partial charge in [-0.05, 0) is 29.8 Å². The topological polar surface area (TPSA) is 70.7 Å². The van der Waals surface area contributed by atoms with Crippen molar-refractivity contribution < 1.29 is 19.4 Å². The lowest BCUT2D eigenvalue weighted by atomic mass is 10.1. The Hall–Kier alpha value is -1.49. The SMILES string of the molecule is O=C(O)c1ccc(C(O)Cc2ccc(Cl)c(Cl)c2)o1. The zero-order valence-corrected chi connectivity index (χ0v) is 11.1. The van der Waals surface area contributed by atoms with E-state index in [0.29, 0.717) is 10.0 Å². The minimum atomic E-state index is -1.17. The van der Waals surface area contributed by atoms with Gasteiger partial charge in [0.25, 0.3) is 0 Å². The normalized spacial score (nSPS) is 12.4. The van der Waals surface area contributed by atoms with Crippen molar-refractivity contribution in [1.29, 1.82) is 0 Å². The van der Waals surface area contributed by atoms with Crippen molar-refractivity contribution in [3.05, 3.63) is 57.5 Å². The smallest absolute Gasteiger partial charge is 0.371 e. The fourth-order valence-corrected chi connectivity index (χ4v) is 1.96. The molecule has 19 heavy (non-hydrogen) atoms. The van der Waals surface area contributed by atoms with E-state index >= 15 is 0 Å². The Kier molecular flexibility index (Phi) is 4.14. The fourth-order valence-electron chi connectivity index (χ4n) is 1.64. The van der Waals surface area contributed by atoms with Gasteiger partial charge in [-0.25, -0.2) is 4.79 Å². The summed E-state index contributed by atoms with van der Waals surface area (Å²) in [4.78, 5) is 10.7. The second-order valence-corrected chi connectivity index (χ2v) is 4.79. The third kappa shape index (κ3) is 3.29. The van der Waals surface area contributed by atoms with Crippen molar-refractivity contribution in [1.82, 2.24) is 0 Å². The van der Waals surface area contributed by atoms with E-state index in [1.165, 1.54) is 12.1 Å². The van der Waals surface area contributed by atoms with Crippen LogP contribution in [0.4, 0.5) is 0 Å². The molecule has 0 fully saturated rings. The Bertz CT molecular complexity index is 606. The van der Waals surface area contributed by atoms with Crippen molar-refractivity contribution in [2.45, 2.75) is 12.5 Å². The average Bonchev–Trinajstić information content (AvgIpc) is 2.83. The number of aliphatic hydroxyl groups is 1.